The number of nitrogens with zero attached hydrogens (tertiary/aromatic N) is 3. The topological polar surface area (TPSA) is 30.7 Å². The molecule has 3 rings (SSSR count). The predicted molar refractivity (Wildman–Crippen MR) is 66.8 cm³/mol. The summed E-state index contributed by atoms with van der Waals surface area (Å²) in [6.45, 7) is 0. The lowest BCUT2D eigenvalue weighted by molar-refractivity contribution is 0.881. The van der Waals surface area contributed by atoms with Gasteiger partial charge in [0, 0.05) is 5.56 Å². The summed E-state index contributed by atoms with van der Waals surface area (Å²) >= 11 is 0. The molecule has 0 spiro atoms. The molecule has 0 aliphatic rings. The lowest BCUT2D eigenvalue weighted by atomic mass is 10.0. The Labute approximate surface area is 99.4 Å². The molecular weight excluding hydrogens is 210 g/mol. The van der Waals surface area contributed by atoms with Crippen molar-refractivity contribution in [1.29, 1.82) is 0 Å². The van der Waals surface area contributed by atoms with Crippen LogP contribution in [0.3, 0.4) is 0 Å². The number of rotatable bonds is 2. The van der Waals surface area contributed by atoms with Crippen LogP contribution in [0.5, 0.6) is 0 Å². The molecule has 0 fully saturated rings. The normalized spacial score (nSPS) is 10.4. The molecule has 3 aromatic rings. The summed E-state index contributed by atoms with van der Waals surface area (Å²) < 4.78 is 1.78. The third kappa shape index (κ3) is 1.83. The molecule has 0 atom stereocenters. The molecule has 3 nitrogen and oxygen atoms in total. The van der Waals surface area contributed by atoms with Crippen LogP contribution in [-0.4, -0.2) is 14.8 Å². The van der Waals surface area contributed by atoms with Gasteiger partial charge in [-0.3, -0.25) is 0 Å². The van der Waals surface area contributed by atoms with Gasteiger partial charge >= 0.3 is 0 Å². The summed E-state index contributed by atoms with van der Waals surface area (Å²) in [6.07, 6.45) is 3.25. The van der Waals surface area contributed by atoms with Crippen LogP contribution in [0.4, 0.5) is 0 Å². The van der Waals surface area contributed by atoms with Gasteiger partial charge in [-0.1, -0.05) is 48.5 Å². The Bertz CT molecular complexity index is 600. The summed E-state index contributed by atoms with van der Waals surface area (Å²) in [5.74, 6) is 0. The molecule has 17 heavy (non-hydrogen) atoms. The van der Waals surface area contributed by atoms with E-state index in [4.69, 9.17) is 0 Å². The van der Waals surface area contributed by atoms with E-state index in [-0.39, 0.29) is 0 Å². The fourth-order valence-corrected chi connectivity index (χ4v) is 1.87. The smallest absolute Gasteiger partial charge is 0.138 e. The number of hydrogen-bond donors (Lipinski definition) is 0. The Morgan fingerprint density at radius 2 is 1.59 bits per heavy atom. The van der Waals surface area contributed by atoms with Gasteiger partial charge in [-0.25, -0.2) is 9.67 Å². The van der Waals surface area contributed by atoms with Crippen molar-refractivity contribution in [2.24, 2.45) is 0 Å². The summed E-state index contributed by atoms with van der Waals surface area (Å²) in [4.78, 5) is 3.99. The van der Waals surface area contributed by atoms with Crippen LogP contribution in [0.15, 0.2) is 67.3 Å². The summed E-state index contributed by atoms with van der Waals surface area (Å²) in [7, 11) is 0. The first-order chi connectivity index (χ1) is 8.45. The van der Waals surface area contributed by atoms with Crippen molar-refractivity contribution in [2.45, 2.75) is 0 Å². The van der Waals surface area contributed by atoms with Gasteiger partial charge in [0.25, 0.3) is 0 Å². The highest BCUT2D eigenvalue weighted by molar-refractivity contribution is 5.72. The highest BCUT2D eigenvalue weighted by atomic mass is 15.3. The van der Waals surface area contributed by atoms with E-state index in [9.17, 15) is 0 Å². The van der Waals surface area contributed by atoms with Crippen LogP contribution in [-0.2, 0) is 0 Å². The van der Waals surface area contributed by atoms with Crippen molar-refractivity contribution in [3.63, 3.8) is 0 Å². The molecule has 82 valence electrons. The Morgan fingerprint density at radius 3 is 2.35 bits per heavy atom. The second-order valence-electron chi connectivity index (χ2n) is 3.72. The SMILES string of the molecule is c1ccc(-c2ccccc2-n2cncn2)cc1. The summed E-state index contributed by atoms with van der Waals surface area (Å²) in [5.41, 5.74) is 3.37. The largest absolute Gasteiger partial charge is 0.223 e. The Morgan fingerprint density at radius 1 is 0.824 bits per heavy atom. The average molecular weight is 221 g/mol. The average Bonchev–Trinajstić information content (AvgIpc) is 2.94. The Hall–Kier alpha value is -2.42. The monoisotopic (exact) mass is 221 g/mol. The van der Waals surface area contributed by atoms with Crippen molar-refractivity contribution < 1.29 is 0 Å². The van der Waals surface area contributed by atoms with E-state index in [0.717, 1.165) is 11.3 Å². The fourth-order valence-electron chi connectivity index (χ4n) is 1.87. The zero-order chi connectivity index (χ0) is 11.5. The number of aromatic nitrogens is 3. The molecule has 0 unspecified atom stereocenters. The fraction of sp³-hybridized carbons (Fsp3) is 0. The van der Waals surface area contributed by atoms with Crippen molar-refractivity contribution in [2.75, 3.05) is 0 Å². The second-order valence-corrected chi connectivity index (χ2v) is 3.72. The van der Waals surface area contributed by atoms with Gasteiger partial charge in [-0.05, 0) is 11.6 Å². The highest BCUT2D eigenvalue weighted by Gasteiger charge is 2.05. The van der Waals surface area contributed by atoms with Crippen molar-refractivity contribution in [3.8, 4) is 16.8 Å². The summed E-state index contributed by atoms with van der Waals surface area (Å²) in [5, 5.41) is 4.18. The maximum Gasteiger partial charge on any atom is 0.138 e. The van der Waals surface area contributed by atoms with Crippen LogP contribution in [0.1, 0.15) is 0 Å². The molecule has 0 saturated heterocycles. The van der Waals surface area contributed by atoms with Gasteiger partial charge in [0.15, 0.2) is 0 Å². The minimum atomic E-state index is 1.04. The second kappa shape index (κ2) is 4.22. The van der Waals surface area contributed by atoms with Crippen LogP contribution in [0, 0.1) is 0 Å². The molecule has 0 saturated carbocycles. The van der Waals surface area contributed by atoms with E-state index < -0.39 is 0 Å². The molecule has 0 bridgehead atoms. The van der Waals surface area contributed by atoms with E-state index in [2.05, 4.69) is 28.3 Å². The van der Waals surface area contributed by atoms with Gasteiger partial charge in [0.1, 0.15) is 12.7 Å². The lowest BCUT2D eigenvalue weighted by Gasteiger charge is -2.08. The number of hydrogen-bond acceptors (Lipinski definition) is 2. The molecule has 1 heterocycles. The third-order valence-electron chi connectivity index (χ3n) is 2.65. The Balaban J connectivity index is 2.18. The van der Waals surface area contributed by atoms with Crippen LogP contribution in [0.25, 0.3) is 16.8 Å². The molecule has 1 aromatic heterocycles. The standard InChI is InChI=1S/C14H11N3/c1-2-6-12(7-3-1)13-8-4-5-9-14(13)17-11-15-10-16-17/h1-11H. The number of benzene rings is 2. The van der Waals surface area contributed by atoms with E-state index in [1.165, 1.54) is 5.56 Å². The van der Waals surface area contributed by atoms with Gasteiger partial charge in [0.2, 0.25) is 0 Å². The quantitative estimate of drug-likeness (QED) is 0.666. The first kappa shape index (κ1) is 9.78. The first-order valence-corrected chi connectivity index (χ1v) is 5.44. The maximum absolute atomic E-state index is 4.18. The van der Waals surface area contributed by atoms with Gasteiger partial charge < -0.3 is 0 Å². The van der Waals surface area contributed by atoms with Crippen LogP contribution in [0.2, 0.25) is 0 Å². The lowest BCUT2D eigenvalue weighted by Crippen LogP contribution is -1.96. The minimum Gasteiger partial charge on any atom is -0.223 e. The molecule has 0 N–H and O–H groups in total. The third-order valence-corrected chi connectivity index (χ3v) is 2.65. The highest BCUT2D eigenvalue weighted by Crippen LogP contribution is 2.25. The van der Waals surface area contributed by atoms with Gasteiger partial charge in [-0.2, -0.15) is 5.10 Å². The molecular formula is C14H11N3. The van der Waals surface area contributed by atoms with E-state index >= 15 is 0 Å². The van der Waals surface area contributed by atoms with E-state index in [0.29, 0.717) is 0 Å². The van der Waals surface area contributed by atoms with Gasteiger partial charge in [0.05, 0.1) is 5.69 Å². The first-order valence-electron chi connectivity index (χ1n) is 5.44. The summed E-state index contributed by atoms with van der Waals surface area (Å²) in [6, 6.07) is 18.4. The zero-order valence-corrected chi connectivity index (χ0v) is 9.19. The molecule has 2 aromatic carbocycles. The predicted octanol–water partition coefficient (Wildman–Crippen LogP) is 2.93. The molecule has 0 aliphatic heterocycles. The zero-order valence-electron chi connectivity index (χ0n) is 9.19. The number of para-hydroxylation sites is 1. The van der Waals surface area contributed by atoms with E-state index in [1.807, 2.05) is 36.4 Å². The maximum atomic E-state index is 4.18. The van der Waals surface area contributed by atoms with E-state index in [1.54, 1.807) is 17.3 Å². The van der Waals surface area contributed by atoms with Gasteiger partial charge in [-0.15, -0.1) is 0 Å². The van der Waals surface area contributed by atoms with Crippen molar-refractivity contribution in [1.82, 2.24) is 14.8 Å². The molecule has 3 heteroatoms. The minimum absolute atomic E-state index is 1.04. The molecule has 0 radical (unpaired) electrons. The Kier molecular flexibility index (Phi) is 2.43. The van der Waals surface area contributed by atoms with Crippen LogP contribution < -0.4 is 0 Å². The van der Waals surface area contributed by atoms with Crippen LogP contribution >= 0.6 is 0 Å². The van der Waals surface area contributed by atoms with Crippen molar-refractivity contribution >= 4 is 0 Å². The van der Waals surface area contributed by atoms with Crippen molar-refractivity contribution in [3.05, 3.63) is 67.3 Å². The molecule has 0 aliphatic carbocycles. The molecule has 0 amide bonds.